The number of carbonyl (C=O) groups excluding carboxylic acids is 2. The molecule has 0 spiro atoms. The smallest absolute Gasteiger partial charge is 0.336 e. The summed E-state index contributed by atoms with van der Waals surface area (Å²) in [5.74, 6) is -1.23. The van der Waals surface area contributed by atoms with Gasteiger partial charge in [-0.05, 0) is 44.2 Å². The number of aromatic carboxylic acids is 1. The number of amides is 2. The summed E-state index contributed by atoms with van der Waals surface area (Å²) >= 11 is 2.85. The van der Waals surface area contributed by atoms with E-state index in [9.17, 15) is 19.5 Å². The van der Waals surface area contributed by atoms with Gasteiger partial charge in [0.05, 0.1) is 27.1 Å². The summed E-state index contributed by atoms with van der Waals surface area (Å²) in [6, 6.07) is 11.4. The van der Waals surface area contributed by atoms with E-state index < -0.39 is 11.9 Å². The molecule has 156 valence electrons. The number of hydrogen-bond donors (Lipinski definition) is 2. The van der Waals surface area contributed by atoms with Gasteiger partial charge in [-0.2, -0.15) is 0 Å². The molecule has 0 bridgehead atoms. The molecule has 30 heavy (non-hydrogen) atoms. The van der Waals surface area contributed by atoms with Gasteiger partial charge in [0.2, 0.25) is 5.91 Å². The number of rotatable bonds is 8. The van der Waals surface area contributed by atoms with Gasteiger partial charge >= 0.3 is 5.97 Å². The molecule has 0 saturated carbocycles. The Morgan fingerprint density at radius 1 is 1.10 bits per heavy atom. The topological polar surface area (TPSA) is 99.6 Å². The third-order valence-electron chi connectivity index (χ3n) is 4.46. The van der Waals surface area contributed by atoms with E-state index in [0.29, 0.717) is 24.5 Å². The number of carboxylic acid groups (broad SMARTS) is 1. The first-order valence-corrected chi connectivity index (χ1v) is 11.2. The van der Waals surface area contributed by atoms with Crippen molar-refractivity contribution in [2.75, 3.05) is 24.2 Å². The summed E-state index contributed by atoms with van der Waals surface area (Å²) < 4.78 is 1.65. The summed E-state index contributed by atoms with van der Waals surface area (Å²) in [4.78, 5) is 42.4. The molecule has 0 atom stereocenters. The van der Waals surface area contributed by atoms with Crippen molar-refractivity contribution in [2.24, 2.45) is 0 Å². The first-order chi connectivity index (χ1) is 14.4. The Morgan fingerprint density at radius 3 is 2.47 bits per heavy atom. The van der Waals surface area contributed by atoms with Crippen molar-refractivity contribution in [1.29, 1.82) is 0 Å². The van der Waals surface area contributed by atoms with E-state index in [1.807, 2.05) is 13.8 Å². The number of carboxylic acids is 1. The Kier molecular flexibility index (Phi) is 7.07. The third-order valence-corrected chi connectivity index (χ3v) is 6.61. The molecular formula is C21H21N3O4S2. The summed E-state index contributed by atoms with van der Waals surface area (Å²) in [5.41, 5.74) is 1.37. The fraction of sp³-hybridized carbons (Fsp3) is 0.238. The molecule has 0 saturated heterocycles. The maximum atomic E-state index is 12.5. The van der Waals surface area contributed by atoms with Crippen LogP contribution in [0, 0.1) is 0 Å². The van der Waals surface area contributed by atoms with Crippen LogP contribution in [0.2, 0.25) is 0 Å². The van der Waals surface area contributed by atoms with Crippen LogP contribution < -0.4 is 5.32 Å². The van der Waals surface area contributed by atoms with Crippen LogP contribution in [0.4, 0.5) is 5.69 Å². The number of hydrogen-bond acceptors (Lipinski definition) is 6. The summed E-state index contributed by atoms with van der Waals surface area (Å²) in [7, 11) is 0. The van der Waals surface area contributed by atoms with Crippen LogP contribution in [0.25, 0.3) is 10.2 Å². The number of fused-ring (bicyclic) bond motifs is 1. The number of aromatic nitrogens is 1. The Balaban J connectivity index is 1.73. The molecule has 2 N–H and O–H groups in total. The molecule has 0 aliphatic heterocycles. The zero-order valence-corrected chi connectivity index (χ0v) is 18.2. The Morgan fingerprint density at radius 2 is 1.80 bits per heavy atom. The van der Waals surface area contributed by atoms with E-state index in [0.717, 1.165) is 14.6 Å². The highest BCUT2D eigenvalue weighted by atomic mass is 32.2. The average Bonchev–Trinajstić information content (AvgIpc) is 3.15. The van der Waals surface area contributed by atoms with Crippen molar-refractivity contribution in [3.8, 4) is 0 Å². The van der Waals surface area contributed by atoms with E-state index in [1.54, 1.807) is 35.2 Å². The van der Waals surface area contributed by atoms with Crippen molar-refractivity contribution < 1.29 is 19.5 Å². The highest BCUT2D eigenvalue weighted by Gasteiger charge is 2.17. The Hall–Kier alpha value is -2.91. The van der Waals surface area contributed by atoms with Crippen LogP contribution >= 0.6 is 23.1 Å². The number of anilines is 1. The van der Waals surface area contributed by atoms with E-state index in [4.69, 9.17) is 0 Å². The van der Waals surface area contributed by atoms with Crippen LogP contribution in [0.3, 0.4) is 0 Å². The fourth-order valence-corrected chi connectivity index (χ4v) is 4.91. The quantitative estimate of drug-likeness (QED) is 0.506. The van der Waals surface area contributed by atoms with Gasteiger partial charge in [0.1, 0.15) is 0 Å². The van der Waals surface area contributed by atoms with Gasteiger partial charge in [0.15, 0.2) is 4.34 Å². The van der Waals surface area contributed by atoms with Crippen molar-refractivity contribution in [2.45, 2.75) is 18.2 Å². The minimum absolute atomic E-state index is 0.0505. The molecule has 7 nitrogen and oxygen atoms in total. The predicted molar refractivity (Wildman–Crippen MR) is 120 cm³/mol. The zero-order chi connectivity index (χ0) is 21.7. The minimum Gasteiger partial charge on any atom is -0.478 e. The van der Waals surface area contributed by atoms with Gasteiger partial charge in [-0.3, -0.25) is 9.59 Å². The van der Waals surface area contributed by atoms with Crippen LogP contribution in [0.5, 0.6) is 0 Å². The highest BCUT2D eigenvalue weighted by Crippen LogP contribution is 2.31. The summed E-state index contributed by atoms with van der Waals surface area (Å²) in [6.07, 6.45) is 0. The van der Waals surface area contributed by atoms with E-state index >= 15 is 0 Å². The van der Waals surface area contributed by atoms with E-state index in [-0.39, 0.29) is 17.0 Å². The average molecular weight is 444 g/mol. The molecule has 2 amide bonds. The molecule has 9 heteroatoms. The molecule has 3 aromatic rings. The number of nitrogens with zero attached hydrogens (tertiary/aromatic N) is 2. The van der Waals surface area contributed by atoms with Gasteiger partial charge in [-0.25, -0.2) is 9.78 Å². The largest absolute Gasteiger partial charge is 0.478 e. The molecule has 1 aromatic heterocycles. The predicted octanol–water partition coefficient (Wildman–Crippen LogP) is 4.21. The lowest BCUT2D eigenvalue weighted by atomic mass is 10.1. The SMILES string of the molecule is CCN(CC)C(=O)CSc1nc2ccc(NC(=O)c3ccccc3C(=O)O)cc2s1. The van der Waals surface area contributed by atoms with Gasteiger partial charge in [0.25, 0.3) is 5.91 Å². The molecule has 1 heterocycles. The standard InChI is InChI=1S/C21H21N3O4S2/c1-3-24(4-2)18(25)12-29-21-23-16-10-9-13(11-17(16)30-21)22-19(26)14-7-5-6-8-15(14)20(27)28/h5-11H,3-4,12H2,1-2H3,(H,22,26)(H,27,28). The summed E-state index contributed by atoms with van der Waals surface area (Å²) in [5, 5.41) is 12.0. The number of thiazole rings is 1. The molecule has 2 aromatic carbocycles. The van der Waals surface area contributed by atoms with Crippen LogP contribution in [-0.4, -0.2) is 51.6 Å². The number of thioether (sulfide) groups is 1. The second-order valence-corrected chi connectivity index (χ2v) is 8.57. The normalized spacial score (nSPS) is 10.7. The summed E-state index contributed by atoms with van der Waals surface area (Å²) in [6.45, 7) is 5.27. The second kappa shape index (κ2) is 9.73. The van der Waals surface area contributed by atoms with Crippen molar-refractivity contribution in [3.63, 3.8) is 0 Å². The lowest BCUT2D eigenvalue weighted by molar-refractivity contribution is -0.127. The lowest BCUT2D eigenvalue weighted by Crippen LogP contribution is -2.31. The molecule has 3 rings (SSSR count). The van der Waals surface area contributed by atoms with E-state index in [1.165, 1.54) is 35.2 Å². The number of benzene rings is 2. The molecule has 0 radical (unpaired) electrons. The highest BCUT2D eigenvalue weighted by molar-refractivity contribution is 8.01. The van der Waals surface area contributed by atoms with E-state index in [2.05, 4.69) is 10.3 Å². The first kappa shape index (κ1) is 21.8. The molecule has 0 fully saturated rings. The van der Waals surface area contributed by atoms with Crippen molar-refractivity contribution >= 4 is 56.8 Å². The van der Waals surface area contributed by atoms with Crippen LogP contribution in [0.1, 0.15) is 34.6 Å². The monoisotopic (exact) mass is 443 g/mol. The van der Waals surface area contributed by atoms with Gasteiger partial charge in [0, 0.05) is 18.8 Å². The minimum atomic E-state index is -1.15. The molecule has 0 aliphatic carbocycles. The molecular weight excluding hydrogens is 422 g/mol. The fourth-order valence-electron chi connectivity index (χ4n) is 2.90. The number of carbonyl (C=O) groups is 3. The molecule has 0 unspecified atom stereocenters. The third kappa shape index (κ3) is 4.98. The lowest BCUT2D eigenvalue weighted by Gasteiger charge is -2.17. The van der Waals surface area contributed by atoms with Crippen molar-refractivity contribution in [1.82, 2.24) is 9.88 Å². The van der Waals surface area contributed by atoms with Crippen molar-refractivity contribution in [3.05, 3.63) is 53.6 Å². The van der Waals surface area contributed by atoms with Crippen LogP contribution in [-0.2, 0) is 4.79 Å². The Bertz CT molecular complexity index is 1090. The van der Waals surface area contributed by atoms with Crippen LogP contribution in [0.15, 0.2) is 46.8 Å². The maximum Gasteiger partial charge on any atom is 0.336 e. The number of nitrogens with one attached hydrogen (secondary N) is 1. The van der Waals surface area contributed by atoms with Gasteiger partial charge in [-0.1, -0.05) is 23.9 Å². The maximum absolute atomic E-state index is 12.5. The van der Waals surface area contributed by atoms with Gasteiger partial charge < -0.3 is 15.3 Å². The second-order valence-electron chi connectivity index (χ2n) is 6.32. The Labute approximate surface area is 182 Å². The zero-order valence-electron chi connectivity index (χ0n) is 16.5. The molecule has 0 aliphatic rings. The van der Waals surface area contributed by atoms with Gasteiger partial charge in [-0.15, -0.1) is 11.3 Å². The first-order valence-electron chi connectivity index (χ1n) is 9.37.